The lowest BCUT2D eigenvalue weighted by Crippen LogP contribution is -2.51. The SMILES string of the molecule is C[C@@H]1[C@@H](C)C/C=C/[C@@](O)(Cc2ccccn2)[C@@H]2CC[C@H]2CN2C[C@H]3CCCc4cc(Cl)ccc4C3Oc3ccc(cc32)C(=O)NS1(=O)=O. The molecule has 1 unspecified atom stereocenters. The van der Waals surface area contributed by atoms with Gasteiger partial charge in [0.25, 0.3) is 5.91 Å². The Kier molecular flexibility index (Phi) is 9.06. The minimum atomic E-state index is -3.98. The van der Waals surface area contributed by atoms with Gasteiger partial charge in [-0.25, -0.2) is 13.1 Å². The summed E-state index contributed by atoms with van der Waals surface area (Å²) in [7, 11) is -3.98. The van der Waals surface area contributed by atoms with Crippen molar-refractivity contribution in [2.75, 3.05) is 18.0 Å². The Morgan fingerprint density at radius 2 is 1.90 bits per heavy atom. The van der Waals surface area contributed by atoms with E-state index in [-0.39, 0.29) is 35.3 Å². The van der Waals surface area contributed by atoms with Crippen molar-refractivity contribution in [2.45, 2.75) is 75.7 Å². The molecule has 1 aromatic heterocycles. The number of halogens is 1. The molecule has 2 aromatic carbocycles. The summed E-state index contributed by atoms with van der Waals surface area (Å²) in [4.78, 5) is 20.4. The van der Waals surface area contributed by atoms with E-state index in [1.807, 2.05) is 49.4 Å². The van der Waals surface area contributed by atoms with Crippen LogP contribution in [0.3, 0.4) is 0 Å². The second-order valence-corrected chi connectivity index (χ2v) is 16.8. The molecular weight excluding hydrogens is 646 g/mol. The molecule has 48 heavy (non-hydrogen) atoms. The highest BCUT2D eigenvalue weighted by atomic mass is 35.5. The highest BCUT2D eigenvalue weighted by Gasteiger charge is 2.47. The number of anilines is 1. The first-order chi connectivity index (χ1) is 23.0. The third kappa shape index (κ3) is 6.49. The van der Waals surface area contributed by atoms with Crippen LogP contribution in [0.25, 0.3) is 0 Å². The van der Waals surface area contributed by atoms with Crippen molar-refractivity contribution in [3.63, 3.8) is 0 Å². The highest BCUT2D eigenvalue weighted by molar-refractivity contribution is 7.90. The van der Waals surface area contributed by atoms with E-state index in [1.165, 1.54) is 5.56 Å². The fraction of sp³-hybridized carbons (Fsp3) is 0.474. The number of benzene rings is 2. The van der Waals surface area contributed by atoms with Gasteiger partial charge in [-0.2, -0.15) is 0 Å². The second kappa shape index (κ2) is 13.1. The van der Waals surface area contributed by atoms with Crippen LogP contribution in [-0.4, -0.2) is 48.4 Å². The number of nitrogens with zero attached hydrogens (tertiary/aromatic N) is 2. The van der Waals surface area contributed by atoms with Crippen LogP contribution in [-0.2, 0) is 22.9 Å². The quantitative estimate of drug-likeness (QED) is 0.289. The summed E-state index contributed by atoms with van der Waals surface area (Å²) in [6, 6.07) is 17.0. The Morgan fingerprint density at radius 1 is 1.06 bits per heavy atom. The molecule has 2 aliphatic carbocycles. The Hall–Kier alpha value is -3.40. The molecule has 1 saturated carbocycles. The summed E-state index contributed by atoms with van der Waals surface area (Å²) in [5.41, 5.74) is 3.04. The van der Waals surface area contributed by atoms with Gasteiger partial charge in [0.2, 0.25) is 10.0 Å². The largest absolute Gasteiger partial charge is 0.483 e. The second-order valence-electron chi connectivity index (χ2n) is 14.4. The average Bonchev–Trinajstić information content (AvgIpc) is 3.29. The molecule has 1 fully saturated rings. The smallest absolute Gasteiger partial charge is 0.264 e. The molecule has 2 aliphatic heterocycles. The number of fused-ring (bicyclic) bond motifs is 5. The Morgan fingerprint density at radius 3 is 2.67 bits per heavy atom. The van der Waals surface area contributed by atoms with E-state index in [4.69, 9.17) is 16.3 Å². The molecule has 3 aromatic rings. The number of ether oxygens (including phenoxy) is 1. The van der Waals surface area contributed by atoms with Crippen molar-refractivity contribution in [1.82, 2.24) is 9.71 Å². The average molecular weight is 690 g/mol. The van der Waals surface area contributed by atoms with Gasteiger partial charge in [-0.05, 0) is 117 Å². The van der Waals surface area contributed by atoms with Gasteiger partial charge in [-0.15, -0.1) is 0 Å². The van der Waals surface area contributed by atoms with Crippen molar-refractivity contribution in [2.24, 2.45) is 23.7 Å². The Balaban J connectivity index is 1.31. The lowest BCUT2D eigenvalue weighted by molar-refractivity contribution is -0.0452. The molecule has 254 valence electrons. The van der Waals surface area contributed by atoms with Crippen LogP contribution in [0.1, 0.15) is 79.2 Å². The van der Waals surface area contributed by atoms with Crippen molar-refractivity contribution in [3.05, 3.63) is 100 Å². The summed E-state index contributed by atoms with van der Waals surface area (Å²) in [5.74, 6) is 0.0587. The zero-order valence-corrected chi connectivity index (χ0v) is 29.1. The molecular formula is C38H44ClN3O5S. The fourth-order valence-corrected chi connectivity index (χ4v) is 9.65. The van der Waals surface area contributed by atoms with Gasteiger partial charge < -0.3 is 14.7 Å². The summed E-state index contributed by atoms with van der Waals surface area (Å²) < 4.78 is 36.1. The zero-order chi connectivity index (χ0) is 33.6. The van der Waals surface area contributed by atoms with Crippen molar-refractivity contribution in [3.8, 4) is 5.75 Å². The molecule has 8 nitrogen and oxygen atoms in total. The van der Waals surface area contributed by atoms with Crippen molar-refractivity contribution in [1.29, 1.82) is 0 Å². The monoisotopic (exact) mass is 689 g/mol. The van der Waals surface area contributed by atoms with Gasteiger partial charge in [0.05, 0.1) is 16.5 Å². The number of aryl methyl sites for hydroxylation is 1. The number of rotatable bonds is 2. The third-order valence-corrected chi connectivity index (χ3v) is 13.4. The van der Waals surface area contributed by atoms with E-state index < -0.39 is 26.8 Å². The third-order valence-electron chi connectivity index (χ3n) is 11.3. The summed E-state index contributed by atoms with van der Waals surface area (Å²) in [6.45, 7) is 4.86. The number of nitrogens with one attached hydrogen (secondary N) is 1. The number of aromatic nitrogens is 1. The predicted octanol–water partition coefficient (Wildman–Crippen LogP) is 6.67. The summed E-state index contributed by atoms with van der Waals surface area (Å²) in [6.07, 6.45) is 10.9. The van der Waals surface area contributed by atoms with Gasteiger partial charge in [0.15, 0.2) is 0 Å². The van der Waals surface area contributed by atoms with E-state index in [9.17, 15) is 18.3 Å². The first-order valence-corrected chi connectivity index (χ1v) is 19.1. The number of hydrogen-bond acceptors (Lipinski definition) is 7. The van der Waals surface area contributed by atoms with Crippen molar-refractivity contribution >= 4 is 33.2 Å². The van der Waals surface area contributed by atoms with E-state index in [0.29, 0.717) is 36.7 Å². The lowest BCUT2D eigenvalue weighted by atomic mass is 9.63. The number of amides is 1. The molecule has 0 saturated heterocycles. The van der Waals surface area contributed by atoms with Crippen LogP contribution < -0.4 is 14.4 Å². The number of pyridine rings is 1. The van der Waals surface area contributed by atoms with E-state index in [0.717, 1.165) is 49.0 Å². The maximum absolute atomic E-state index is 13.5. The number of carbonyl (C=O) groups is 1. The molecule has 0 radical (unpaired) electrons. The molecule has 3 heterocycles. The van der Waals surface area contributed by atoms with Gasteiger partial charge in [0, 0.05) is 47.9 Å². The maximum Gasteiger partial charge on any atom is 0.264 e. The number of hydrogen-bond donors (Lipinski definition) is 2. The van der Waals surface area contributed by atoms with Crippen LogP contribution >= 0.6 is 11.6 Å². The van der Waals surface area contributed by atoms with Gasteiger partial charge in [0.1, 0.15) is 11.9 Å². The Labute approximate surface area is 288 Å². The van der Waals surface area contributed by atoms with Crippen LogP contribution in [0.4, 0.5) is 5.69 Å². The van der Waals surface area contributed by atoms with E-state index in [2.05, 4.69) is 20.7 Å². The molecule has 7 rings (SSSR count). The van der Waals surface area contributed by atoms with Crippen LogP contribution in [0.15, 0.2) is 72.9 Å². The topological polar surface area (TPSA) is 109 Å². The Bertz CT molecular complexity index is 1820. The maximum atomic E-state index is 13.5. The number of carbonyl (C=O) groups excluding carboxylic acids is 1. The van der Waals surface area contributed by atoms with E-state index in [1.54, 1.807) is 31.3 Å². The van der Waals surface area contributed by atoms with Gasteiger partial charge in [-0.1, -0.05) is 42.8 Å². The zero-order valence-electron chi connectivity index (χ0n) is 27.5. The van der Waals surface area contributed by atoms with E-state index >= 15 is 0 Å². The first kappa shape index (κ1) is 33.1. The molecule has 2 N–H and O–H groups in total. The summed E-state index contributed by atoms with van der Waals surface area (Å²) in [5, 5.41) is 12.3. The van der Waals surface area contributed by atoms with Crippen LogP contribution in [0.2, 0.25) is 5.02 Å². The fourth-order valence-electron chi connectivity index (χ4n) is 8.17. The van der Waals surface area contributed by atoms with Crippen LogP contribution in [0, 0.1) is 23.7 Å². The molecule has 1 amide bonds. The van der Waals surface area contributed by atoms with Gasteiger partial charge >= 0.3 is 0 Å². The standard InChI is InChI=1S/C38H44ClN3O5S/c1-24-7-6-17-38(44,21-31-10-3-4-18-40-31)33-15-11-28(33)22-42-23-29-9-5-8-26-19-30(39)13-14-32(26)36(29)47-35-16-12-27(20-34(35)42)37(43)41-48(45,46)25(24)2/h3-4,6,10,12-14,16-20,24-25,28-29,33,36,44H,5,7-9,11,15,21-23H2,1-2H3,(H,41,43)/b17-6+/t24-,25+,28-,29+,33+,36?,38+/m0/s1. The normalized spacial score (nSPS) is 32.1. The highest BCUT2D eigenvalue weighted by Crippen LogP contribution is 2.49. The number of sulfonamides is 1. The molecule has 7 atom stereocenters. The minimum Gasteiger partial charge on any atom is -0.483 e. The molecule has 4 aliphatic rings. The number of allylic oxidation sites excluding steroid dienone is 1. The van der Waals surface area contributed by atoms with Crippen molar-refractivity contribution < 1.29 is 23.1 Å². The molecule has 2 bridgehead atoms. The molecule has 10 heteroatoms. The van der Waals surface area contributed by atoms with Gasteiger partial charge in [-0.3, -0.25) is 9.78 Å². The summed E-state index contributed by atoms with van der Waals surface area (Å²) >= 11 is 6.41. The number of aliphatic hydroxyl groups is 1. The van der Waals surface area contributed by atoms with Crippen LogP contribution in [0.5, 0.6) is 5.75 Å². The predicted molar refractivity (Wildman–Crippen MR) is 188 cm³/mol. The first-order valence-electron chi connectivity index (χ1n) is 17.2. The molecule has 0 spiro atoms. The minimum absolute atomic E-state index is 0.0213. The lowest BCUT2D eigenvalue weighted by Gasteiger charge is -2.48.